The highest BCUT2D eigenvalue weighted by atomic mass is 14.7. The quantitative estimate of drug-likeness (QED) is 0.644. The van der Waals surface area contributed by atoms with Crippen LogP contribution in [0.1, 0.15) is 11.1 Å². The molecule has 0 N–H and O–H groups in total. The molecular weight excluding hydrogens is 232 g/mol. The SMILES string of the molecule is C(=NCc1cccnc1)c1ccc2ccccc2c1. The highest BCUT2D eigenvalue weighted by molar-refractivity contribution is 5.90. The Morgan fingerprint density at radius 1 is 0.947 bits per heavy atom. The predicted molar refractivity (Wildman–Crippen MR) is 79.5 cm³/mol. The molecule has 3 aromatic rings. The van der Waals surface area contributed by atoms with Crippen molar-refractivity contribution in [3.63, 3.8) is 0 Å². The van der Waals surface area contributed by atoms with Crippen LogP contribution in [0.4, 0.5) is 0 Å². The zero-order valence-corrected chi connectivity index (χ0v) is 10.5. The third-order valence-electron chi connectivity index (χ3n) is 3.01. The number of aliphatic imine (C=N–C) groups is 1. The second-order valence-electron chi connectivity index (χ2n) is 4.44. The molecule has 0 aliphatic carbocycles. The maximum Gasteiger partial charge on any atom is 0.0654 e. The number of hydrogen-bond donors (Lipinski definition) is 0. The number of rotatable bonds is 3. The van der Waals surface area contributed by atoms with Crippen molar-refractivity contribution >= 4 is 17.0 Å². The van der Waals surface area contributed by atoms with E-state index in [2.05, 4.69) is 52.4 Å². The number of nitrogens with zero attached hydrogens (tertiary/aromatic N) is 2. The van der Waals surface area contributed by atoms with Gasteiger partial charge in [-0.1, -0.05) is 42.5 Å². The van der Waals surface area contributed by atoms with Gasteiger partial charge in [-0.25, -0.2) is 0 Å². The third kappa shape index (κ3) is 2.86. The molecule has 0 fully saturated rings. The first-order valence-electron chi connectivity index (χ1n) is 6.29. The molecule has 0 aliphatic heterocycles. The average Bonchev–Trinajstić information content (AvgIpc) is 2.48. The van der Waals surface area contributed by atoms with E-state index in [4.69, 9.17) is 0 Å². The second-order valence-corrected chi connectivity index (χ2v) is 4.44. The van der Waals surface area contributed by atoms with Gasteiger partial charge in [0.15, 0.2) is 0 Å². The Hall–Kier alpha value is -2.48. The number of pyridine rings is 1. The molecule has 0 unspecified atom stereocenters. The van der Waals surface area contributed by atoms with Crippen molar-refractivity contribution in [3.8, 4) is 0 Å². The van der Waals surface area contributed by atoms with Gasteiger partial charge in [-0.2, -0.15) is 0 Å². The Morgan fingerprint density at radius 3 is 2.68 bits per heavy atom. The van der Waals surface area contributed by atoms with E-state index >= 15 is 0 Å². The fraction of sp³-hybridized carbons (Fsp3) is 0.0588. The van der Waals surface area contributed by atoms with Crippen LogP contribution in [0.25, 0.3) is 10.8 Å². The molecule has 92 valence electrons. The summed E-state index contributed by atoms with van der Waals surface area (Å²) in [6.07, 6.45) is 5.54. The van der Waals surface area contributed by atoms with Gasteiger partial charge in [0, 0.05) is 18.6 Å². The van der Waals surface area contributed by atoms with Gasteiger partial charge in [-0.15, -0.1) is 0 Å². The summed E-state index contributed by atoms with van der Waals surface area (Å²) < 4.78 is 0. The van der Waals surface area contributed by atoms with Crippen molar-refractivity contribution in [2.75, 3.05) is 0 Å². The summed E-state index contributed by atoms with van der Waals surface area (Å²) in [4.78, 5) is 8.53. The van der Waals surface area contributed by atoms with Crippen LogP contribution in [0, 0.1) is 0 Å². The molecule has 0 amide bonds. The van der Waals surface area contributed by atoms with Crippen LogP contribution in [0.15, 0.2) is 72.0 Å². The van der Waals surface area contributed by atoms with Gasteiger partial charge in [0.25, 0.3) is 0 Å². The summed E-state index contributed by atoms with van der Waals surface area (Å²) in [6, 6.07) is 18.7. The molecule has 0 saturated heterocycles. The minimum atomic E-state index is 0.667. The molecule has 19 heavy (non-hydrogen) atoms. The van der Waals surface area contributed by atoms with Crippen LogP contribution in [0.5, 0.6) is 0 Å². The lowest BCUT2D eigenvalue weighted by Gasteiger charge is -1.99. The molecule has 1 heterocycles. The number of benzene rings is 2. The molecule has 3 rings (SSSR count). The van der Waals surface area contributed by atoms with E-state index in [-0.39, 0.29) is 0 Å². The number of fused-ring (bicyclic) bond motifs is 1. The van der Waals surface area contributed by atoms with Crippen molar-refractivity contribution in [3.05, 3.63) is 78.1 Å². The first-order chi connectivity index (χ1) is 9.42. The fourth-order valence-corrected chi connectivity index (χ4v) is 2.04. The molecule has 2 aromatic carbocycles. The van der Waals surface area contributed by atoms with Crippen LogP contribution < -0.4 is 0 Å². The van der Waals surface area contributed by atoms with E-state index < -0.39 is 0 Å². The molecule has 2 nitrogen and oxygen atoms in total. The average molecular weight is 246 g/mol. The molecule has 1 aromatic heterocycles. The lowest BCUT2D eigenvalue weighted by Crippen LogP contribution is -1.85. The monoisotopic (exact) mass is 246 g/mol. The van der Waals surface area contributed by atoms with Crippen LogP contribution in [-0.4, -0.2) is 11.2 Å². The van der Waals surface area contributed by atoms with Gasteiger partial charge in [0.2, 0.25) is 0 Å². The Labute approximate surface area is 112 Å². The van der Waals surface area contributed by atoms with E-state index in [0.29, 0.717) is 6.54 Å². The van der Waals surface area contributed by atoms with Gasteiger partial charge < -0.3 is 0 Å². The number of hydrogen-bond acceptors (Lipinski definition) is 2. The zero-order chi connectivity index (χ0) is 12.9. The van der Waals surface area contributed by atoms with E-state index in [1.165, 1.54) is 10.8 Å². The molecule has 0 saturated carbocycles. The minimum absolute atomic E-state index is 0.667. The first kappa shape index (κ1) is 11.6. The van der Waals surface area contributed by atoms with Gasteiger partial charge in [-0.05, 0) is 34.0 Å². The zero-order valence-electron chi connectivity index (χ0n) is 10.5. The Morgan fingerprint density at radius 2 is 1.84 bits per heavy atom. The lowest BCUT2D eigenvalue weighted by molar-refractivity contribution is 1.05. The molecule has 0 aliphatic rings. The third-order valence-corrected chi connectivity index (χ3v) is 3.01. The highest BCUT2D eigenvalue weighted by Crippen LogP contribution is 2.14. The van der Waals surface area contributed by atoms with Crippen molar-refractivity contribution < 1.29 is 0 Å². The van der Waals surface area contributed by atoms with Crippen molar-refractivity contribution in [2.45, 2.75) is 6.54 Å². The van der Waals surface area contributed by atoms with Crippen LogP contribution in [-0.2, 0) is 6.54 Å². The van der Waals surface area contributed by atoms with E-state index in [9.17, 15) is 0 Å². The van der Waals surface area contributed by atoms with E-state index in [1.54, 1.807) is 6.20 Å². The van der Waals surface area contributed by atoms with Crippen LogP contribution in [0.3, 0.4) is 0 Å². The molecule has 0 bridgehead atoms. The summed E-state index contributed by atoms with van der Waals surface area (Å²) in [6.45, 7) is 0.667. The van der Waals surface area contributed by atoms with Crippen molar-refractivity contribution in [1.29, 1.82) is 0 Å². The summed E-state index contributed by atoms with van der Waals surface area (Å²) in [5.41, 5.74) is 2.25. The first-order valence-corrected chi connectivity index (χ1v) is 6.29. The summed E-state index contributed by atoms with van der Waals surface area (Å²) in [7, 11) is 0. The minimum Gasteiger partial charge on any atom is -0.288 e. The molecular formula is C17H14N2. The molecule has 0 radical (unpaired) electrons. The normalized spacial score (nSPS) is 11.2. The summed E-state index contributed by atoms with van der Waals surface area (Å²) >= 11 is 0. The van der Waals surface area contributed by atoms with Gasteiger partial charge in [0.1, 0.15) is 0 Å². The van der Waals surface area contributed by atoms with Crippen molar-refractivity contribution in [2.24, 2.45) is 4.99 Å². The fourth-order valence-electron chi connectivity index (χ4n) is 2.04. The van der Waals surface area contributed by atoms with Crippen molar-refractivity contribution in [1.82, 2.24) is 4.98 Å². The van der Waals surface area contributed by atoms with Gasteiger partial charge in [0.05, 0.1) is 6.54 Å². The maximum absolute atomic E-state index is 4.45. The van der Waals surface area contributed by atoms with Crippen LogP contribution >= 0.6 is 0 Å². The lowest BCUT2D eigenvalue weighted by atomic mass is 10.1. The largest absolute Gasteiger partial charge is 0.288 e. The van der Waals surface area contributed by atoms with E-state index in [1.807, 2.05) is 24.5 Å². The Bertz CT molecular complexity index is 703. The topological polar surface area (TPSA) is 25.2 Å². The molecule has 0 spiro atoms. The second kappa shape index (κ2) is 5.44. The summed E-state index contributed by atoms with van der Waals surface area (Å²) in [5.74, 6) is 0. The number of aromatic nitrogens is 1. The van der Waals surface area contributed by atoms with E-state index in [0.717, 1.165) is 11.1 Å². The highest BCUT2D eigenvalue weighted by Gasteiger charge is 1.93. The maximum atomic E-state index is 4.45. The summed E-state index contributed by atoms with van der Waals surface area (Å²) in [5, 5.41) is 2.50. The standard InChI is InChI=1S/C17H14N2/c1-2-6-17-10-14(7-8-16(17)5-1)11-19-13-15-4-3-9-18-12-15/h1-12H,13H2. The Kier molecular flexibility index (Phi) is 3.32. The van der Waals surface area contributed by atoms with Crippen LogP contribution in [0.2, 0.25) is 0 Å². The Balaban J connectivity index is 1.78. The van der Waals surface area contributed by atoms with Gasteiger partial charge >= 0.3 is 0 Å². The molecule has 2 heteroatoms. The molecule has 0 atom stereocenters. The predicted octanol–water partition coefficient (Wildman–Crippen LogP) is 3.85. The smallest absolute Gasteiger partial charge is 0.0654 e. The van der Waals surface area contributed by atoms with Gasteiger partial charge in [-0.3, -0.25) is 9.98 Å².